The van der Waals surface area contributed by atoms with Crippen LogP contribution in [0.4, 0.5) is 0 Å². The minimum absolute atomic E-state index is 0.299. The number of carbonyl (C=O) groups is 3. The molecule has 1 atom stereocenters. The zero-order valence-electron chi connectivity index (χ0n) is 15.3. The molecule has 0 unspecified atom stereocenters. The quantitative estimate of drug-likeness (QED) is 0.580. The minimum Gasteiger partial charge on any atom is -0.467 e. The van der Waals surface area contributed by atoms with E-state index in [4.69, 9.17) is 4.74 Å². The molecule has 0 bridgehead atoms. The number of benzene rings is 2. The van der Waals surface area contributed by atoms with E-state index in [-0.39, 0.29) is 5.91 Å². The minimum atomic E-state index is -0.837. The molecule has 0 radical (unpaired) electrons. The predicted molar refractivity (Wildman–Crippen MR) is 102 cm³/mol. The van der Waals surface area contributed by atoms with Gasteiger partial charge in [0.1, 0.15) is 6.04 Å². The molecule has 0 saturated carbocycles. The van der Waals surface area contributed by atoms with Crippen LogP contribution < -0.4 is 10.6 Å². The largest absolute Gasteiger partial charge is 0.467 e. The fourth-order valence-electron chi connectivity index (χ4n) is 2.53. The van der Waals surface area contributed by atoms with E-state index < -0.39 is 17.9 Å². The van der Waals surface area contributed by atoms with Gasteiger partial charge in [-0.2, -0.15) is 0 Å². The first-order valence-corrected chi connectivity index (χ1v) is 8.46. The Bertz CT molecular complexity index is 817. The van der Waals surface area contributed by atoms with E-state index >= 15 is 0 Å². The topological polar surface area (TPSA) is 84.5 Å². The molecule has 0 aliphatic rings. The molecule has 27 heavy (non-hydrogen) atoms. The van der Waals surface area contributed by atoms with Crippen LogP contribution in [0.5, 0.6) is 0 Å². The molecule has 140 valence electrons. The normalized spacial score (nSPS) is 12.0. The van der Waals surface area contributed by atoms with Crippen LogP contribution in [0, 0.1) is 0 Å². The average molecular weight is 366 g/mol. The van der Waals surface area contributed by atoms with Crippen LogP contribution in [0.2, 0.25) is 0 Å². The van der Waals surface area contributed by atoms with Crippen molar-refractivity contribution in [1.29, 1.82) is 0 Å². The first-order valence-electron chi connectivity index (χ1n) is 8.46. The maximum atomic E-state index is 12.5. The number of hydrogen-bond donors (Lipinski definition) is 2. The maximum Gasteiger partial charge on any atom is 0.328 e. The van der Waals surface area contributed by atoms with Gasteiger partial charge in [-0.3, -0.25) is 9.59 Å². The van der Waals surface area contributed by atoms with Gasteiger partial charge in [-0.15, -0.1) is 0 Å². The van der Waals surface area contributed by atoms with Crippen molar-refractivity contribution in [3.05, 3.63) is 77.9 Å². The van der Waals surface area contributed by atoms with Crippen LogP contribution >= 0.6 is 0 Å². The Morgan fingerprint density at radius 3 is 2.15 bits per heavy atom. The molecule has 0 aromatic heterocycles. The summed E-state index contributed by atoms with van der Waals surface area (Å²) in [5.41, 5.74) is 1.92. The molecule has 0 fully saturated rings. The number of carbonyl (C=O) groups excluding carboxylic acids is 3. The van der Waals surface area contributed by atoms with Gasteiger partial charge in [0.05, 0.1) is 12.8 Å². The zero-order valence-corrected chi connectivity index (χ0v) is 15.3. The molecule has 0 heterocycles. The van der Waals surface area contributed by atoms with Crippen LogP contribution in [0.3, 0.4) is 0 Å². The molecule has 2 aromatic rings. The lowest BCUT2D eigenvalue weighted by atomic mass is 10.1. The Morgan fingerprint density at radius 2 is 1.59 bits per heavy atom. The Balaban J connectivity index is 2.19. The second-order valence-electron chi connectivity index (χ2n) is 5.88. The van der Waals surface area contributed by atoms with E-state index in [9.17, 15) is 14.4 Å². The number of hydrogen-bond acceptors (Lipinski definition) is 4. The Morgan fingerprint density at radius 1 is 1.00 bits per heavy atom. The fourth-order valence-corrected chi connectivity index (χ4v) is 2.53. The summed E-state index contributed by atoms with van der Waals surface area (Å²) in [5, 5.41) is 5.29. The van der Waals surface area contributed by atoms with Crippen LogP contribution in [-0.2, 0) is 25.5 Å². The molecule has 2 aromatic carbocycles. The highest BCUT2D eigenvalue weighted by atomic mass is 16.5. The van der Waals surface area contributed by atoms with Crippen LogP contribution in [0.15, 0.2) is 66.7 Å². The van der Waals surface area contributed by atoms with Crippen molar-refractivity contribution < 1.29 is 19.1 Å². The Hall–Kier alpha value is -3.41. The third-order valence-corrected chi connectivity index (χ3v) is 3.76. The van der Waals surface area contributed by atoms with Crippen molar-refractivity contribution in [2.75, 3.05) is 7.11 Å². The lowest BCUT2D eigenvalue weighted by Crippen LogP contribution is -2.42. The average Bonchev–Trinajstić information content (AvgIpc) is 2.67. The SMILES string of the molecule is COC(=O)[C@H](Cc1ccccc1)NC(=O)/C=C(/NC(C)=O)c1ccccc1. The van der Waals surface area contributed by atoms with Gasteiger partial charge in [0.25, 0.3) is 0 Å². The van der Waals surface area contributed by atoms with Crippen LogP contribution in [0.1, 0.15) is 18.1 Å². The molecule has 0 aliphatic heterocycles. The van der Waals surface area contributed by atoms with E-state index in [1.807, 2.05) is 36.4 Å². The van der Waals surface area contributed by atoms with Crippen molar-refractivity contribution in [1.82, 2.24) is 10.6 Å². The van der Waals surface area contributed by atoms with Gasteiger partial charge in [-0.25, -0.2) is 4.79 Å². The first kappa shape index (κ1) is 19.9. The molecular weight excluding hydrogens is 344 g/mol. The lowest BCUT2D eigenvalue weighted by molar-refractivity contribution is -0.144. The molecular formula is C21H22N2O4. The highest BCUT2D eigenvalue weighted by molar-refractivity contribution is 5.99. The van der Waals surface area contributed by atoms with Gasteiger partial charge in [0.2, 0.25) is 11.8 Å². The number of rotatable bonds is 7. The van der Waals surface area contributed by atoms with E-state index in [1.165, 1.54) is 20.1 Å². The second kappa shape index (κ2) is 9.91. The van der Waals surface area contributed by atoms with Crippen molar-refractivity contribution in [2.24, 2.45) is 0 Å². The highest BCUT2D eigenvalue weighted by Gasteiger charge is 2.21. The highest BCUT2D eigenvalue weighted by Crippen LogP contribution is 2.11. The molecule has 2 amide bonds. The van der Waals surface area contributed by atoms with Crippen molar-refractivity contribution in [3.8, 4) is 0 Å². The monoisotopic (exact) mass is 366 g/mol. The van der Waals surface area contributed by atoms with Gasteiger partial charge in [0, 0.05) is 19.4 Å². The molecule has 2 N–H and O–H groups in total. The molecule has 6 nitrogen and oxygen atoms in total. The summed E-state index contributed by atoms with van der Waals surface area (Å²) in [6.45, 7) is 1.36. The molecule has 0 saturated heterocycles. The van der Waals surface area contributed by atoms with E-state index in [0.717, 1.165) is 5.56 Å². The van der Waals surface area contributed by atoms with Gasteiger partial charge in [-0.05, 0) is 11.1 Å². The van der Waals surface area contributed by atoms with E-state index in [1.54, 1.807) is 24.3 Å². The first-order chi connectivity index (χ1) is 13.0. The summed E-state index contributed by atoms with van der Waals surface area (Å²) in [6, 6.07) is 17.5. The maximum absolute atomic E-state index is 12.5. The Labute approximate surface area is 158 Å². The third-order valence-electron chi connectivity index (χ3n) is 3.76. The summed E-state index contributed by atoms with van der Waals surface area (Å²) in [7, 11) is 1.27. The summed E-state index contributed by atoms with van der Waals surface area (Å²) in [4.78, 5) is 36.0. The molecule has 2 rings (SSSR count). The molecule has 0 aliphatic carbocycles. The number of methoxy groups -OCH3 is 1. The zero-order chi connectivity index (χ0) is 19.6. The van der Waals surface area contributed by atoms with Crippen LogP contribution in [-0.4, -0.2) is 30.9 Å². The number of ether oxygens (including phenoxy) is 1. The van der Waals surface area contributed by atoms with Gasteiger partial charge >= 0.3 is 5.97 Å². The van der Waals surface area contributed by atoms with Crippen molar-refractivity contribution in [2.45, 2.75) is 19.4 Å². The standard InChI is InChI=1S/C21H22N2O4/c1-15(24)22-18(17-11-7-4-8-12-17)14-20(25)23-19(21(26)27-2)13-16-9-5-3-6-10-16/h3-12,14,19H,13H2,1-2H3,(H,22,24)(H,23,25)/b18-14+/t19-/m0/s1. The lowest BCUT2D eigenvalue weighted by Gasteiger charge is -2.16. The summed E-state index contributed by atoms with van der Waals surface area (Å²) >= 11 is 0. The number of amides is 2. The van der Waals surface area contributed by atoms with Crippen molar-refractivity contribution in [3.63, 3.8) is 0 Å². The van der Waals surface area contributed by atoms with Crippen molar-refractivity contribution >= 4 is 23.5 Å². The number of nitrogens with one attached hydrogen (secondary N) is 2. The number of esters is 1. The second-order valence-corrected chi connectivity index (χ2v) is 5.88. The van der Waals surface area contributed by atoms with E-state index in [0.29, 0.717) is 17.7 Å². The van der Waals surface area contributed by atoms with Gasteiger partial charge < -0.3 is 15.4 Å². The summed E-state index contributed by atoms with van der Waals surface area (Å²) in [6.07, 6.45) is 1.56. The summed E-state index contributed by atoms with van der Waals surface area (Å²) in [5.74, 6) is -1.35. The van der Waals surface area contributed by atoms with Gasteiger partial charge in [0.15, 0.2) is 0 Å². The predicted octanol–water partition coefficient (Wildman–Crippen LogP) is 2.06. The van der Waals surface area contributed by atoms with E-state index in [2.05, 4.69) is 10.6 Å². The summed E-state index contributed by atoms with van der Waals surface area (Å²) < 4.78 is 4.80. The fraction of sp³-hybridized carbons (Fsp3) is 0.190. The molecule has 0 spiro atoms. The Kier molecular flexibility index (Phi) is 7.31. The van der Waals surface area contributed by atoms with Gasteiger partial charge in [-0.1, -0.05) is 60.7 Å². The smallest absolute Gasteiger partial charge is 0.328 e. The third kappa shape index (κ3) is 6.43. The molecule has 6 heteroatoms. The van der Waals surface area contributed by atoms with Crippen LogP contribution in [0.25, 0.3) is 5.70 Å².